The lowest BCUT2D eigenvalue weighted by molar-refractivity contribution is 0.0923. The highest BCUT2D eigenvalue weighted by molar-refractivity contribution is 6.01. The van der Waals surface area contributed by atoms with E-state index in [2.05, 4.69) is 10.5 Å². The quantitative estimate of drug-likeness (QED) is 0.336. The van der Waals surface area contributed by atoms with Crippen LogP contribution in [0.1, 0.15) is 41.8 Å². The molecule has 0 bridgehead atoms. The Balaban J connectivity index is 3.09. The van der Waals surface area contributed by atoms with Crippen molar-refractivity contribution in [2.45, 2.75) is 39.7 Å². The lowest BCUT2D eigenvalue weighted by Crippen LogP contribution is -2.55. The van der Waals surface area contributed by atoms with Gasteiger partial charge in [-0.1, -0.05) is 30.3 Å². The zero-order chi connectivity index (χ0) is 14.6. The smallest absolute Gasteiger partial charge is 0.252 e. The summed E-state index contributed by atoms with van der Waals surface area (Å²) in [6.07, 6.45) is 0.527. The first-order chi connectivity index (χ1) is 8.85. The molecule has 0 aliphatic heterocycles. The molecule has 1 aromatic carbocycles. The second kappa shape index (κ2) is 5.73. The largest absolute Gasteiger partial charge is 0.409 e. The van der Waals surface area contributed by atoms with Gasteiger partial charge in [0.1, 0.15) is 0 Å². The van der Waals surface area contributed by atoms with E-state index in [9.17, 15) is 4.79 Å². The number of aryl methyl sites for hydroxylation is 2. The molecule has 1 unspecified atom stereocenters. The molecular weight excluding hydrogens is 242 g/mol. The van der Waals surface area contributed by atoms with Crippen molar-refractivity contribution in [3.05, 3.63) is 34.9 Å². The summed E-state index contributed by atoms with van der Waals surface area (Å²) in [5.41, 5.74) is 7.22. The Hall–Kier alpha value is -2.04. The van der Waals surface area contributed by atoms with E-state index in [1.165, 1.54) is 0 Å². The van der Waals surface area contributed by atoms with E-state index in [0.717, 1.165) is 11.1 Å². The van der Waals surface area contributed by atoms with Gasteiger partial charge in [0.15, 0.2) is 5.84 Å². The second-order valence-corrected chi connectivity index (χ2v) is 4.89. The molecule has 1 amide bonds. The summed E-state index contributed by atoms with van der Waals surface area (Å²) in [4.78, 5) is 12.4. The van der Waals surface area contributed by atoms with Crippen LogP contribution in [0.3, 0.4) is 0 Å². The van der Waals surface area contributed by atoms with Crippen molar-refractivity contribution in [2.75, 3.05) is 0 Å². The Morgan fingerprint density at radius 1 is 1.42 bits per heavy atom. The fourth-order valence-electron chi connectivity index (χ4n) is 1.93. The van der Waals surface area contributed by atoms with Gasteiger partial charge < -0.3 is 16.3 Å². The number of nitrogens with zero attached hydrogens (tertiary/aromatic N) is 1. The van der Waals surface area contributed by atoms with Crippen LogP contribution in [0.4, 0.5) is 0 Å². The van der Waals surface area contributed by atoms with E-state index in [4.69, 9.17) is 10.9 Å². The maximum Gasteiger partial charge on any atom is 0.252 e. The molecule has 0 saturated heterocycles. The van der Waals surface area contributed by atoms with Crippen molar-refractivity contribution in [1.82, 2.24) is 5.32 Å². The molecule has 0 aliphatic carbocycles. The SMILES string of the molecule is CCC(C)(NC(=O)c1c(C)cccc1C)/C(N)=N/O. The standard InChI is InChI=1S/C14H21N3O2/c1-5-14(4,13(15)17-19)16-12(18)11-9(2)7-6-8-10(11)3/h6-8,19H,5H2,1-4H3,(H2,15,17)(H,16,18). The Bertz CT molecular complexity index is 491. The predicted molar refractivity (Wildman–Crippen MR) is 75.5 cm³/mol. The van der Waals surface area contributed by atoms with E-state index < -0.39 is 5.54 Å². The van der Waals surface area contributed by atoms with Crippen molar-refractivity contribution in [3.8, 4) is 0 Å². The third kappa shape index (κ3) is 3.05. The average molecular weight is 263 g/mol. The molecule has 104 valence electrons. The molecule has 1 atom stereocenters. The highest BCUT2D eigenvalue weighted by Crippen LogP contribution is 2.16. The molecule has 1 aromatic rings. The van der Waals surface area contributed by atoms with Crippen LogP contribution in [-0.2, 0) is 0 Å². The van der Waals surface area contributed by atoms with Crippen LogP contribution in [0.15, 0.2) is 23.4 Å². The summed E-state index contributed by atoms with van der Waals surface area (Å²) in [6.45, 7) is 7.36. The molecule has 0 aromatic heterocycles. The molecule has 0 radical (unpaired) electrons. The molecule has 1 rings (SSSR count). The summed E-state index contributed by atoms with van der Waals surface area (Å²) in [6, 6.07) is 5.67. The number of nitrogens with one attached hydrogen (secondary N) is 1. The number of amides is 1. The normalized spacial score (nSPS) is 14.8. The summed E-state index contributed by atoms with van der Waals surface area (Å²) in [7, 11) is 0. The summed E-state index contributed by atoms with van der Waals surface area (Å²) < 4.78 is 0. The minimum atomic E-state index is -0.861. The number of amidine groups is 1. The third-order valence-electron chi connectivity index (χ3n) is 3.48. The lowest BCUT2D eigenvalue weighted by Gasteiger charge is -2.28. The first kappa shape index (κ1) is 15.0. The van der Waals surface area contributed by atoms with E-state index >= 15 is 0 Å². The van der Waals surface area contributed by atoms with Gasteiger partial charge in [-0.2, -0.15) is 0 Å². The number of nitrogens with two attached hydrogens (primary N) is 1. The molecule has 5 nitrogen and oxygen atoms in total. The van der Waals surface area contributed by atoms with Gasteiger partial charge in [-0.25, -0.2) is 0 Å². The van der Waals surface area contributed by atoms with Crippen molar-refractivity contribution >= 4 is 11.7 Å². The molecule has 0 aliphatic rings. The Morgan fingerprint density at radius 3 is 2.37 bits per heavy atom. The second-order valence-electron chi connectivity index (χ2n) is 4.89. The maximum atomic E-state index is 12.4. The van der Waals surface area contributed by atoms with E-state index in [0.29, 0.717) is 12.0 Å². The van der Waals surface area contributed by atoms with Crippen LogP contribution in [-0.4, -0.2) is 22.5 Å². The van der Waals surface area contributed by atoms with Crippen LogP contribution in [0.25, 0.3) is 0 Å². The van der Waals surface area contributed by atoms with Crippen LogP contribution >= 0.6 is 0 Å². The van der Waals surface area contributed by atoms with Crippen LogP contribution in [0.2, 0.25) is 0 Å². The zero-order valence-corrected chi connectivity index (χ0v) is 11.8. The number of hydrogen-bond donors (Lipinski definition) is 3. The van der Waals surface area contributed by atoms with Crippen LogP contribution in [0, 0.1) is 13.8 Å². The van der Waals surface area contributed by atoms with Crippen LogP contribution in [0.5, 0.6) is 0 Å². The lowest BCUT2D eigenvalue weighted by atomic mass is 9.95. The molecule has 4 N–H and O–H groups in total. The third-order valence-corrected chi connectivity index (χ3v) is 3.48. The van der Waals surface area contributed by atoms with Crippen molar-refractivity contribution in [1.29, 1.82) is 0 Å². The minimum absolute atomic E-state index is 0.00501. The fourth-order valence-corrected chi connectivity index (χ4v) is 1.93. The highest BCUT2D eigenvalue weighted by atomic mass is 16.4. The molecule has 0 fully saturated rings. The number of oxime groups is 1. The minimum Gasteiger partial charge on any atom is -0.409 e. The van der Waals surface area contributed by atoms with Gasteiger partial charge in [-0.05, 0) is 38.3 Å². The van der Waals surface area contributed by atoms with E-state index in [1.807, 2.05) is 39.0 Å². The first-order valence-corrected chi connectivity index (χ1v) is 6.22. The van der Waals surface area contributed by atoms with Crippen molar-refractivity contribution in [2.24, 2.45) is 10.9 Å². The van der Waals surface area contributed by atoms with Gasteiger partial charge in [0, 0.05) is 5.56 Å². The predicted octanol–water partition coefficient (Wildman–Crippen LogP) is 1.95. The monoisotopic (exact) mass is 263 g/mol. The van der Waals surface area contributed by atoms with Gasteiger partial charge in [0.05, 0.1) is 5.54 Å². The topological polar surface area (TPSA) is 87.7 Å². The van der Waals surface area contributed by atoms with E-state index in [-0.39, 0.29) is 11.7 Å². The number of carbonyl (C=O) groups excluding carboxylic acids is 1. The van der Waals surface area contributed by atoms with Crippen molar-refractivity contribution < 1.29 is 10.0 Å². The Kier molecular flexibility index (Phi) is 4.53. The Labute approximate surface area is 113 Å². The highest BCUT2D eigenvalue weighted by Gasteiger charge is 2.30. The summed E-state index contributed by atoms with van der Waals surface area (Å²) in [5.74, 6) is -0.221. The molecule has 0 saturated carbocycles. The van der Waals surface area contributed by atoms with Crippen LogP contribution < -0.4 is 11.1 Å². The first-order valence-electron chi connectivity index (χ1n) is 6.22. The number of rotatable bonds is 4. The molecule has 0 spiro atoms. The van der Waals surface area contributed by atoms with Gasteiger partial charge in [0.2, 0.25) is 0 Å². The fraction of sp³-hybridized carbons (Fsp3) is 0.429. The number of carbonyl (C=O) groups is 1. The Morgan fingerprint density at radius 2 is 1.95 bits per heavy atom. The van der Waals surface area contributed by atoms with Gasteiger partial charge in [0.25, 0.3) is 5.91 Å². The molecular formula is C14H21N3O2. The summed E-state index contributed by atoms with van der Waals surface area (Å²) >= 11 is 0. The number of benzene rings is 1. The molecule has 0 heterocycles. The molecule has 19 heavy (non-hydrogen) atoms. The average Bonchev–Trinajstić information content (AvgIpc) is 2.37. The van der Waals surface area contributed by atoms with E-state index in [1.54, 1.807) is 6.92 Å². The zero-order valence-electron chi connectivity index (χ0n) is 11.8. The van der Waals surface area contributed by atoms with Gasteiger partial charge >= 0.3 is 0 Å². The van der Waals surface area contributed by atoms with Gasteiger partial charge in [-0.3, -0.25) is 4.79 Å². The maximum absolute atomic E-state index is 12.4. The summed E-state index contributed by atoms with van der Waals surface area (Å²) in [5, 5.41) is 14.6. The molecule has 5 heteroatoms. The van der Waals surface area contributed by atoms with Gasteiger partial charge in [-0.15, -0.1) is 0 Å². The van der Waals surface area contributed by atoms with Crippen molar-refractivity contribution in [3.63, 3.8) is 0 Å². The number of hydrogen-bond acceptors (Lipinski definition) is 3.